The van der Waals surface area contributed by atoms with E-state index in [9.17, 15) is 4.79 Å². The molecule has 0 aliphatic heterocycles. The van der Waals surface area contributed by atoms with Gasteiger partial charge in [-0.1, -0.05) is 45.4 Å². The van der Waals surface area contributed by atoms with E-state index in [0.29, 0.717) is 0 Å². The molecule has 0 rings (SSSR count). The molecule has 1 radical (unpaired) electrons. The quantitative estimate of drug-likeness (QED) is 0.567. The third kappa shape index (κ3) is 7.73. The summed E-state index contributed by atoms with van der Waals surface area (Å²) >= 11 is 0. The maximum atomic E-state index is 10.0. The Morgan fingerprint density at radius 2 is 1.75 bits per heavy atom. The van der Waals surface area contributed by atoms with E-state index in [-0.39, 0.29) is 6.04 Å². The van der Waals surface area contributed by atoms with Gasteiger partial charge in [0.05, 0.1) is 6.04 Å². The zero-order valence-corrected chi connectivity index (χ0v) is 8.01. The highest BCUT2D eigenvalue weighted by molar-refractivity contribution is 5.57. The van der Waals surface area contributed by atoms with Crippen molar-refractivity contribution in [2.75, 3.05) is 0 Å². The molecule has 0 saturated heterocycles. The van der Waals surface area contributed by atoms with E-state index in [4.69, 9.17) is 5.73 Å². The zero-order chi connectivity index (χ0) is 9.23. The van der Waals surface area contributed by atoms with Crippen molar-refractivity contribution in [2.24, 2.45) is 5.73 Å². The number of nitrogens with two attached hydrogens (primary N) is 1. The predicted molar refractivity (Wildman–Crippen MR) is 51.7 cm³/mol. The molecule has 0 heterocycles. The summed E-state index contributed by atoms with van der Waals surface area (Å²) in [5.74, 6) is 0. The first-order chi connectivity index (χ1) is 5.81. The average Bonchev–Trinajstić information content (AvgIpc) is 2.10. The molecule has 2 heteroatoms. The molecule has 0 bridgehead atoms. The Morgan fingerprint density at radius 3 is 2.33 bits per heavy atom. The first-order valence-corrected chi connectivity index (χ1v) is 4.94. The SMILES string of the molecule is CCCCCCCCC(N)[C]=O. The second-order valence-corrected chi connectivity index (χ2v) is 3.28. The summed E-state index contributed by atoms with van der Waals surface area (Å²) in [6.07, 6.45) is 10.1. The van der Waals surface area contributed by atoms with Crippen LogP contribution >= 0.6 is 0 Å². The smallest absolute Gasteiger partial charge is 0.216 e. The molecule has 0 fully saturated rings. The highest BCUT2D eigenvalue weighted by atomic mass is 16.1. The summed E-state index contributed by atoms with van der Waals surface area (Å²) in [4.78, 5) is 10.0. The van der Waals surface area contributed by atoms with Crippen LogP contribution in [0.2, 0.25) is 0 Å². The minimum atomic E-state index is -0.351. The molecule has 0 aromatic heterocycles. The topological polar surface area (TPSA) is 43.1 Å². The van der Waals surface area contributed by atoms with Crippen molar-refractivity contribution in [3.05, 3.63) is 0 Å². The fourth-order valence-corrected chi connectivity index (χ4v) is 1.20. The summed E-state index contributed by atoms with van der Waals surface area (Å²) in [5.41, 5.74) is 5.39. The van der Waals surface area contributed by atoms with E-state index in [1.807, 2.05) is 0 Å². The van der Waals surface area contributed by atoms with E-state index >= 15 is 0 Å². The van der Waals surface area contributed by atoms with Gasteiger partial charge in [0.2, 0.25) is 6.29 Å². The second kappa shape index (κ2) is 8.72. The number of hydrogen-bond acceptors (Lipinski definition) is 2. The Bertz CT molecular complexity index is 104. The second-order valence-electron chi connectivity index (χ2n) is 3.28. The number of unbranched alkanes of at least 4 members (excludes halogenated alkanes) is 5. The zero-order valence-electron chi connectivity index (χ0n) is 8.01. The van der Waals surface area contributed by atoms with E-state index in [1.54, 1.807) is 6.29 Å². The van der Waals surface area contributed by atoms with Gasteiger partial charge in [-0.05, 0) is 6.42 Å². The summed E-state index contributed by atoms with van der Waals surface area (Å²) in [6.45, 7) is 2.21. The molecule has 2 nitrogen and oxygen atoms in total. The molecule has 0 amide bonds. The first kappa shape index (κ1) is 11.6. The average molecular weight is 170 g/mol. The fraction of sp³-hybridized carbons (Fsp3) is 0.900. The van der Waals surface area contributed by atoms with Crippen molar-refractivity contribution >= 4 is 6.29 Å². The van der Waals surface area contributed by atoms with Gasteiger partial charge in [-0.25, -0.2) is 0 Å². The van der Waals surface area contributed by atoms with E-state index in [1.165, 1.54) is 32.1 Å². The Labute approximate surface area is 75.5 Å². The molecule has 0 aromatic rings. The molecule has 0 aromatic carbocycles. The molecule has 0 spiro atoms. The van der Waals surface area contributed by atoms with Gasteiger partial charge < -0.3 is 5.73 Å². The Kier molecular flexibility index (Phi) is 8.46. The summed E-state index contributed by atoms with van der Waals surface area (Å²) in [5, 5.41) is 0. The van der Waals surface area contributed by atoms with Gasteiger partial charge in [-0.15, -0.1) is 0 Å². The lowest BCUT2D eigenvalue weighted by Crippen LogP contribution is -2.20. The van der Waals surface area contributed by atoms with Crippen LogP contribution in [0.15, 0.2) is 0 Å². The minimum absolute atomic E-state index is 0.351. The lowest BCUT2D eigenvalue weighted by molar-refractivity contribution is 0.522. The number of hydrogen-bond donors (Lipinski definition) is 1. The van der Waals surface area contributed by atoms with E-state index in [0.717, 1.165) is 12.8 Å². The van der Waals surface area contributed by atoms with Crippen LogP contribution in [0.1, 0.15) is 51.9 Å². The van der Waals surface area contributed by atoms with E-state index < -0.39 is 0 Å². The van der Waals surface area contributed by atoms with Crippen molar-refractivity contribution in [1.82, 2.24) is 0 Å². The van der Waals surface area contributed by atoms with Crippen molar-refractivity contribution in [3.8, 4) is 0 Å². The van der Waals surface area contributed by atoms with Crippen LogP contribution in [0.4, 0.5) is 0 Å². The maximum Gasteiger partial charge on any atom is 0.216 e. The standard InChI is InChI=1S/C10H20NO/c1-2-3-4-5-6-7-8-10(11)9-12/h10H,2-8,11H2,1H3. The van der Waals surface area contributed by atoms with Gasteiger partial charge in [-0.2, -0.15) is 0 Å². The first-order valence-electron chi connectivity index (χ1n) is 4.94. The highest BCUT2D eigenvalue weighted by Crippen LogP contribution is 2.07. The largest absolute Gasteiger partial charge is 0.321 e. The van der Waals surface area contributed by atoms with Crippen LogP contribution in [0.25, 0.3) is 0 Å². The summed E-state index contributed by atoms with van der Waals surface area (Å²) in [6, 6.07) is -0.351. The molecule has 1 atom stereocenters. The molecule has 0 aliphatic carbocycles. The van der Waals surface area contributed by atoms with Crippen LogP contribution in [-0.4, -0.2) is 12.3 Å². The monoisotopic (exact) mass is 170 g/mol. The third-order valence-electron chi connectivity index (χ3n) is 2.02. The van der Waals surface area contributed by atoms with Crippen LogP contribution < -0.4 is 5.73 Å². The van der Waals surface area contributed by atoms with Crippen molar-refractivity contribution in [3.63, 3.8) is 0 Å². The summed E-state index contributed by atoms with van der Waals surface area (Å²) < 4.78 is 0. The van der Waals surface area contributed by atoms with Crippen molar-refractivity contribution < 1.29 is 4.79 Å². The highest BCUT2D eigenvalue weighted by Gasteiger charge is 1.99. The lowest BCUT2D eigenvalue weighted by atomic mass is 10.1. The molecule has 0 saturated carbocycles. The normalized spacial score (nSPS) is 12.8. The predicted octanol–water partition coefficient (Wildman–Crippen LogP) is 2.17. The van der Waals surface area contributed by atoms with Crippen LogP contribution in [-0.2, 0) is 4.79 Å². The van der Waals surface area contributed by atoms with Crippen LogP contribution in [0, 0.1) is 0 Å². The fourth-order valence-electron chi connectivity index (χ4n) is 1.20. The molecule has 71 valence electrons. The molecule has 12 heavy (non-hydrogen) atoms. The third-order valence-corrected chi connectivity index (χ3v) is 2.02. The molecular weight excluding hydrogens is 150 g/mol. The van der Waals surface area contributed by atoms with Crippen molar-refractivity contribution in [2.45, 2.75) is 57.9 Å². The van der Waals surface area contributed by atoms with E-state index in [2.05, 4.69) is 6.92 Å². The molecule has 2 N–H and O–H groups in total. The number of carbonyl (C=O) groups excluding carboxylic acids is 1. The Hall–Kier alpha value is -0.370. The Morgan fingerprint density at radius 1 is 1.17 bits per heavy atom. The molecule has 0 aliphatic rings. The van der Waals surface area contributed by atoms with Gasteiger partial charge in [-0.3, -0.25) is 4.79 Å². The number of rotatable bonds is 8. The van der Waals surface area contributed by atoms with Gasteiger partial charge in [0.1, 0.15) is 0 Å². The van der Waals surface area contributed by atoms with Gasteiger partial charge in [0.25, 0.3) is 0 Å². The molecule has 1 unspecified atom stereocenters. The van der Waals surface area contributed by atoms with Gasteiger partial charge >= 0.3 is 0 Å². The van der Waals surface area contributed by atoms with Gasteiger partial charge in [0, 0.05) is 0 Å². The Balaban J connectivity index is 2.95. The molecular formula is C10H20NO. The van der Waals surface area contributed by atoms with Crippen molar-refractivity contribution in [1.29, 1.82) is 0 Å². The lowest BCUT2D eigenvalue weighted by Gasteiger charge is -2.02. The minimum Gasteiger partial charge on any atom is -0.321 e. The van der Waals surface area contributed by atoms with Crippen LogP contribution in [0.3, 0.4) is 0 Å². The summed E-state index contributed by atoms with van der Waals surface area (Å²) in [7, 11) is 0. The van der Waals surface area contributed by atoms with Gasteiger partial charge in [0.15, 0.2) is 0 Å². The maximum absolute atomic E-state index is 10.0. The van der Waals surface area contributed by atoms with Crippen LogP contribution in [0.5, 0.6) is 0 Å².